The summed E-state index contributed by atoms with van der Waals surface area (Å²) >= 11 is 0. The van der Waals surface area contributed by atoms with Crippen molar-refractivity contribution in [3.63, 3.8) is 0 Å². The van der Waals surface area contributed by atoms with Gasteiger partial charge >= 0.3 is 12.1 Å². The van der Waals surface area contributed by atoms with Gasteiger partial charge in [-0.05, 0) is 33.9 Å². The van der Waals surface area contributed by atoms with Gasteiger partial charge in [-0.3, -0.25) is 9.36 Å². The maximum atomic E-state index is 12.6. The third-order valence-corrected chi connectivity index (χ3v) is 6.29. The molecule has 3 aromatic carbocycles. The Bertz CT molecular complexity index is 1360. The Balaban J connectivity index is 1.30. The van der Waals surface area contributed by atoms with Crippen LogP contribution >= 0.6 is 0 Å². The summed E-state index contributed by atoms with van der Waals surface area (Å²) in [6.45, 7) is 0.0939. The van der Waals surface area contributed by atoms with Gasteiger partial charge in [0.15, 0.2) is 0 Å². The van der Waals surface area contributed by atoms with Gasteiger partial charge in [0, 0.05) is 23.9 Å². The van der Waals surface area contributed by atoms with Crippen LogP contribution in [0, 0.1) is 0 Å². The number of benzene rings is 3. The molecule has 2 N–H and O–H groups in total. The number of hydrogen-bond donors (Lipinski definition) is 2. The molecule has 1 aromatic heterocycles. The number of alkyl carbamates (subject to hydrolysis) is 1. The molecule has 1 unspecified atom stereocenters. The molecular formula is C27H22N2O5. The standard InChI is InChI=1S/C27H22N2O5/c30-16-29-14-17(18-7-5-6-12-25(18)29)13-24(26(31)32)28-27(33)34-15-23-21-10-3-1-8-19(21)20-9-2-4-11-22(20)23/h1-12,14,16,23-24H,13,15H2,(H,28,33)(H,31,32). The van der Waals surface area contributed by atoms with Crippen LogP contribution in [0.15, 0.2) is 79.0 Å². The molecular weight excluding hydrogens is 432 g/mol. The summed E-state index contributed by atoms with van der Waals surface area (Å²) < 4.78 is 6.90. The molecule has 1 heterocycles. The predicted molar refractivity (Wildman–Crippen MR) is 127 cm³/mol. The van der Waals surface area contributed by atoms with Gasteiger partial charge in [0.2, 0.25) is 6.41 Å². The van der Waals surface area contributed by atoms with Gasteiger partial charge in [-0.25, -0.2) is 9.59 Å². The fraction of sp³-hybridized carbons (Fsp3) is 0.148. The van der Waals surface area contributed by atoms with Crippen molar-refractivity contribution < 1.29 is 24.2 Å². The lowest BCUT2D eigenvalue weighted by Gasteiger charge is -2.17. The number of carbonyl (C=O) groups is 3. The Kier molecular flexibility index (Phi) is 5.59. The average molecular weight is 454 g/mol. The average Bonchev–Trinajstić information content (AvgIpc) is 3.38. The second-order valence-corrected chi connectivity index (χ2v) is 8.25. The molecule has 1 atom stereocenters. The lowest BCUT2D eigenvalue weighted by Crippen LogP contribution is -2.42. The van der Waals surface area contributed by atoms with E-state index in [-0.39, 0.29) is 18.9 Å². The van der Waals surface area contributed by atoms with Crippen LogP contribution in [0.25, 0.3) is 22.0 Å². The molecule has 34 heavy (non-hydrogen) atoms. The summed E-state index contributed by atoms with van der Waals surface area (Å²) in [6, 6.07) is 22.0. The van der Waals surface area contributed by atoms with Crippen LogP contribution in [-0.4, -0.2) is 40.8 Å². The number of para-hydroxylation sites is 1. The number of amides is 1. The SMILES string of the molecule is O=Cn1cc(CC(NC(=O)OCC2c3ccccc3-c3ccccc32)C(=O)O)c2ccccc21. The van der Waals surface area contributed by atoms with Crippen molar-refractivity contribution in [2.75, 3.05) is 6.61 Å². The Morgan fingerprint density at radius 3 is 2.24 bits per heavy atom. The van der Waals surface area contributed by atoms with Crippen LogP contribution in [0.1, 0.15) is 22.6 Å². The first-order chi connectivity index (χ1) is 16.6. The quantitative estimate of drug-likeness (QED) is 0.408. The largest absolute Gasteiger partial charge is 0.480 e. The maximum Gasteiger partial charge on any atom is 0.407 e. The van der Waals surface area contributed by atoms with Crippen LogP contribution in [0.3, 0.4) is 0 Å². The number of aromatic nitrogens is 1. The summed E-state index contributed by atoms with van der Waals surface area (Å²) in [6.07, 6.45) is 1.47. The zero-order chi connectivity index (χ0) is 23.7. The van der Waals surface area contributed by atoms with Crippen LogP contribution in [0.5, 0.6) is 0 Å². The van der Waals surface area contributed by atoms with E-state index in [2.05, 4.69) is 5.32 Å². The summed E-state index contributed by atoms with van der Waals surface area (Å²) in [5.41, 5.74) is 5.71. The third kappa shape index (κ3) is 3.81. The van der Waals surface area contributed by atoms with Crippen molar-refractivity contribution in [3.05, 3.63) is 95.7 Å². The smallest absolute Gasteiger partial charge is 0.407 e. The number of nitrogens with zero attached hydrogens (tertiary/aromatic N) is 1. The predicted octanol–water partition coefficient (Wildman–Crippen LogP) is 4.21. The number of carboxylic acids is 1. The highest BCUT2D eigenvalue weighted by atomic mass is 16.5. The highest BCUT2D eigenvalue weighted by molar-refractivity contribution is 5.89. The Morgan fingerprint density at radius 1 is 0.971 bits per heavy atom. The number of ether oxygens (including phenoxy) is 1. The minimum absolute atomic E-state index is 0.0148. The first-order valence-electron chi connectivity index (χ1n) is 10.9. The number of hydrogen-bond acceptors (Lipinski definition) is 4. The van der Waals surface area contributed by atoms with Crippen LogP contribution in [0.4, 0.5) is 4.79 Å². The van der Waals surface area contributed by atoms with E-state index in [0.717, 1.165) is 27.6 Å². The highest BCUT2D eigenvalue weighted by Crippen LogP contribution is 2.44. The number of rotatable bonds is 7. The van der Waals surface area contributed by atoms with Crippen LogP contribution in [-0.2, 0) is 20.7 Å². The Hall–Kier alpha value is -4.39. The molecule has 7 heteroatoms. The third-order valence-electron chi connectivity index (χ3n) is 6.29. The molecule has 1 aliphatic rings. The Labute approximate surface area is 195 Å². The van der Waals surface area contributed by atoms with Crippen molar-refractivity contribution in [3.8, 4) is 11.1 Å². The van der Waals surface area contributed by atoms with Gasteiger partial charge in [0.1, 0.15) is 12.6 Å². The minimum Gasteiger partial charge on any atom is -0.480 e. The molecule has 0 fully saturated rings. The molecule has 0 aliphatic heterocycles. The van der Waals surface area contributed by atoms with Gasteiger partial charge in [-0.15, -0.1) is 0 Å². The molecule has 0 saturated heterocycles. The van der Waals surface area contributed by atoms with Crippen molar-refractivity contribution in [1.29, 1.82) is 0 Å². The molecule has 7 nitrogen and oxygen atoms in total. The first-order valence-corrected chi connectivity index (χ1v) is 10.9. The highest BCUT2D eigenvalue weighted by Gasteiger charge is 2.30. The van der Waals surface area contributed by atoms with Crippen molar-refractivity contribution in [2.45, 2.75) is 18.4 Å². The monoisotopic (exact) mass is 454 g/mol. The molecule has 0 radical (unpaired) electrons. The topological polar surface area (TPSA) is 97.6 Å². The fourth-order valence-electron chi connectivity index (χ4n) is 4.73. The molecule has 1 amide bonds. The molecule has 0 bridgehead atoms. The second kappa shape index (κ2) is 8.86. The number of carboxylic acid groups (broad SMARTS) is 1. The number of fused-ring (bicyclic) bond motifs is 4. The molecule has 0 saturated carbocycles. The molecule has 1 aliphatic carbocycles. The summed E-state index contributed by atoms with van der Waals surface area (Å²) in [5, 5.41) is 12.9. The zero-order valence-corrected chi connectivity index (χ0v) is 18.2. The minimum atomic E-state index is -1.21. The normalized spacial score (nSPS) is 13.2. The van der Waals surface area contributed by atoms with E-state index >= 15 is 0 Å². The van der Waals surface area contributed by atoms with Gasteiger partial charge in [0.05, 0.1) is 5.52 Å². The van der Waals surface area contributed by atoms with Crippen LogP contribution in [0.2, 0.25) is 0 Å². The maximum absolute atomic E-state index is 12.6. The van der Waals surface area contributed by atoms with Gasteiger partial charge in [-0.2, -0.15) is 0 Å². The Morgan fingerprint density at radius 2 is 1.59 bits per heavy atom. The molecule has 170 valence electrons. The number of nitrogens with one attached hydrogen (secondary N) is 1. The molecule has 5 rings (SSSR count). The van der Waals surface area contributed by atoms with E-state index in [1.165, 1.54) is 4.57 Å². The van der Waals surface area contributed by atoms with Crippen molar-refractivity contribution in [2.24, 2.45) is 0 Å². The van der Waals surface area contributed by atoms with E-state index < -0.39 is 18.1 Å². The van der Waals surface area contributed by atoms with E-state index in [1.807, 2.05) is 60.7 Å². The van der Waals surface area contributed by atoms with E-state index in [1.54, 1.807) is 18.3 Å². The van der Waals surface area contributed by atoms with Crippen LogP contribution < -0.4 is 5.32 Å². The van der Waals surface area contributed by atoms with Crippen molar-refractivity contribution in [1.82, 2.24) is 9.88 Å². The lowest BCUT2D eigenvalue weighted by atomic mass is 9.98. The van der Waals surface area contributed by atoms with Gasteiger partial charge in [0.25, 0.3) is 0 Å². The first kappa shape index (κ1) is 21.5. The second-order valence-electron chi connectivity index (χ2n) is 8.25. The zero-order valence-electron chi connectivity index (χ0n) is 18.2. The van der Waals surface area contributed by atoms with E-state index in [4.69, 9.17) is 4.74 Å². The van der Waals surface area contributed by atoms with Gasteiger partial charge < -0.3 is 15.2 Å². The van der Waals surface area contributed by atoms with Crippen molar-refractivity contribution >= 4 is 29.4 Å². The summed E-state index contributed by atoms with van der Waals surface area (Å²) in [5.74, 6) is -1.30. The van der Waals surface area contributed by atoms with Gasteiger partial charge in [-0.1, -0.05) is 66.7 Å². The number of aliphatic carboxylic acids is 1. The molecule has 0 spiro atoms. The molecule has 4 aromatic rings. The summed E-state index contributed by atoms with van der Waals surface area (Å²) in [4.78, 5) is 35.9. The lowest BCUT2D eigenvalue weighted by molar-refractivity contribution is -0.139. The number of carbonyl (C=O) groups excluding carboxylic acids is 2. The fourth-order valence-corrected chi connectivity index (χ4v) is 4.73. The van der Waals surface area contributed by atoms with E-state index in [0.29, 0.717) is 17.5 Å². The van der Waals surface area contributed by atoms with E-state index in [9.17, 15) is 19.5 Å². The summed E-state index contributed by atoms with van der Waals surface area (Å²) in [7, 11) is 0.